The maximum absolute atomic E-state index is 12.0. The zero-order valence-electron chi connectivity index (χ0n) is 14.2. The first-order chi connectivity index (χ1) is 13.0. The highest BCUT2D eigenvalue weighted by molar-refractivity contribution is 7.90. The quantitative estimate of drug-likeness (QED) is 0.666. The molecule has 0 spiro atoms. The highest BCUT2D eigenvalue weighted by Gasteiger charge is 2.29. The minimum Gasteiger partial charge on any atom is -0.456 e. The fraction of sp³-hybridized carbons (Fsp3) is 0.235. The van der Waals surface area contributed by atoms with E-state index in [1.165, 1.54) is 17.4 Å². The van der Waals surface area contributed by atoms with Crippen LogP contribution in [0.4, 0.5) is 0 Å². The number of amides is 1. The van der Waals surface area contributed by atoms with Crippen LogP contribution in [-0.2, 0) is 30.9 Å². The summed E-state index contributed by atoms with van der Waals surface area (Å²) in [6, 6.07) is 10.2. The Hall–Kier alpha value is -2.72. The average Bonchev–Trinajstić information content (AvgIpc) is 3.25. The monoisotopic (exact) mass is 407 g/mol. The predicted octanol–water partition coefficient (Wildman–Crippen LogP) is 1.04. The van der Waals surface area contributed by atoms with Crippen LogP contribution in [0.3, 0.4) is 0 Å². The van der Waals surface area contributed by atoms with Gasteiger partial charge in [0, 0.05) is 10.4 Å². The first-order valence-electron chi connectivity index (χ1n) is 8.07. The van der Waals surface area contributed by atoms with E-state index in [-0.39, 0.29) is 36.2 Å². The van der Waals surface area contributed by atoms with Crippen LogP contribution in [0.1, 0.15) is 16.9 Å². The number of fused-ring (bicyclic) bond motifs is 1. The lowest BCUT2D eigenvalue weighted by atomic mass is 10.2. The third-order valence-corrected chi connectivity index (χ3v) is 5.93. The molecule has 1 aliphatic rings. The summed E-state index contributed by atoms with van der Waals surface area (Å²) >= 11 is 1.52. The van der Waals surface area contributed by atoms with E-state index in [9.17, 15) is 18.0 Å². The van der Waals surface area contributed by atoms with E-state index < -0.39 is 16.0 Å². The molecule has 142 valence electrons. The molecule has 0 radical (unpaired) electrons. The Kier molecular flexibility index (Phi) is 5.87. The van der Waals surface area contributed by atoms with Crippen LogP contribution >= 0.6 is 11.3 Å². The zero-order valence-corrected chi connectivity index (χ0v) is 15.8. The van der Waals surface area contributed by atoms with Crippen molar-refractivity contribution in [3.8, 4) is 0 Å². The summed E-state index contributed by atoms with van der Waals surface area (Å²) in [4.78, 5) is 28.7. The Labute approximate surface area is 160 Å². The van der Waals surface area contributed by atoms with Crippen molar-refractivity contribution in [1.29, 1.82) is 0 Å². The molecule has 8 nitrogen and oxygen atoms in total. The number of carbonyl (C=O) groups excluding carboxylic acids is 2. The fourth-order valence-corrected chi connectivity index (χ4v) is 4.27. The first-order valence-corrected chi connectivity index (χ1v) is 10.4. The highest BCUT2D eigenvalue weighted by Crippen LogP contribution is 2.22. The van der Waals surface area contributed by atoms with Crippen LogP contribution in [0.5, 0.6) is 0 Å². The highest BCUT2D eigenvalue weighted by atomic mass is 32.2. The molecule has 1 aromatic carbocycles. The van der Waals surface area contributed by atoms with E-state index in [4.69, 9.17) is 4.74 Å². The smallest absolute Gasteiger partial charge is 0.308 e. The van der Waals surface area contributed by atoms with Gasteiger partial charge in [0.05, 0.1) is 24.4 Å². The second-order valence-electron chi connectivity index (χ2n) is 5.60. The van der Waals surface area contributed by atoms with Gasteiger partial charge in [0.1, 0.15) is 5.84 Å². The van der Waals surface area contributed by atoms with Gasteiger partial charge in [0.2, 0.25) is 0 Å². The molecule has 2 heterocycles. The van der Waals surface area contributed by atoms with Crippen LogP contribution in [-0.4, -0.2) is 39.3 Å². The van der Waals surface area contributed by atoms with Crippen molar-refractivity contribution >= 4 is 39.1 Å². The maximum atomic E-state index is 12.0. The van der Waals surface area contributed by atoms with Crippen LogP contribution in [0.25, 0.3) is 0 Å². The number of nitrogens with one attached hydrogen (secondary N) is 2. The molecule has 1 aliphatic heterocycles. The standard InChI is InChI=1S/C17H17N3O5S2/c21-15(19-10-12-4-3-9-26-12)11-25-16(22)7-8-18-17-13-5-1-2-6-14(13)27(23,24)20-17/h1-6,9H,7-8,10-11H2,(H,18,20)(H,19,21). The van der Waals surface area contributed by atoms with E-state index in [1.54, 1.807) is 18.2 Å². The van der Waals surface area contributed by atoms with Gasteiger partial charge in [-0.1, -0.05) is 18.2 Å². The molecule has 0 bridgehead atoms. The van der Waals surface area contributed by atoms with Crippen molar-refractivity contribution in [3.63, 3.8) is 0 Å². The van der Waals surface area contributed by atoms with Crippen molar-refractivity contribution in [2.24, 2.45) is 4.99 Å². The number of sulfonamides is 1. The number of amidine groups is 1. The lowest BCUT2D eigenvalue weighted by Gasteiger charge is -2.05. The molecule has 0 aliphatic carbocycles. The van der Waals surface area contributed by atoms with E-state index in [1.807, 2.05) is 17.5 Å². The van der Waals surface area contributed by atoms with Crippen molar-refractivity contribution in [2.45, 2.75) is 17.9 Å². The Morgan fingerprint density at radius 1 is 1.19 bits per heavy atom. The molecule has 2 aromatic rings. The Morgan fingerprint density at radius 2 is 2.00 bits per heavy atom. The molecule has 0 atom stereocenters. The van der Waals surface area contributed by atoms with Crippen LogP contribution in [0, 0.1) is 0 Å². The van der Waals surface area contributed by atoms with E-state index in [0.717, 1.165) is 4.88 Å². The van der Waals surface area contributed by atoms with Gasteiger partial charge in [-0.3, -0.25) is 19.3 Å². The lowest BCUT2D eigenvalue weighted by molar-refractivity contribution is -0.148. The van der Waals surface area contributed by atoms with Crippen molar-refractivity contribution in [2.75, 3.05) is 13.2 Å². The minimum absolute atomic E-state index is 0.0435. The summed E-state index contributed by atoms with van der Waals surface area (Å²) in [7, 11) is -3.60. The van der Waals surface area contributed by atoms with E-state index in [0.29, 0.717) is 12.1 Å². The molecule has 0 unspecified atom stereocenters. The van der Waals surface area contributed by atoms with E-state index >= 15 is 0 Å². The lowest BCUT2D eigenvalue weighted by Crippen LogP contribution is -2.28. The maximum Gasteiger partial charge on any atom is 0.308 e. The fourth-order valence-electron chi connectivity index (χ4n) is 2.38. The van der Waals surface area contributed by atoms with E-state index in [2.05, 4.69) is 15.0 Å². The summed E-state index contributed by atoms with van der Waals surface area (Å²) in [5.74, 6) is -0.771. The van der Waals surface area contributed by atoms with Gasteiger partial charge in [-0.2, -0.15) is 0 Å². The molecular weight excluding hydrogens is 390 g/mol. The van der Waals surface area contributed by atoms with Crippen LogP contribution < -0.4 is 10.0 Å². The van der Waals surface area contributed by atoms with Gasteiger partial charge in [0.25, 0.3) is 15.9 Å². The van der Waals surface area contributed by atoms with Crippen LogP contribution in [0.2, 0.25) is 0 Å². The summed E-state index contributed by atoms with van der Waals surface area (Å²) in [5, 5.41) is 4.56. The number of esters is 1. The second kappa shape index (κ2) is 8.31. The number of ether oxygens (including phenoxy) is 1. The van der Waals surface area contributed by atoms with Crippen LogP contribution in [0.15, 0.2) is 51.7 Å². The summed E-state index contributed by atoms with van der Waals surface area (Å²) in [6.45, 7) is 0.0688. The Morgan fingerprint density at radius 3 is 2.78 bits per heavy atom. The minimum atomic E-state index is -3.60. The second-order valence-corrected chi connectivity index (χ2v) is 8.28. The number of rotatable bonds is 7. The normalized spacial score (nSPS) is 15.8. The third-order valence-electron chi connectivity index (χ3n) is 3.65. The van der Waals surface area contributed by atoms with Gasteiger partial charge in [-0.15, -0.1) is 11.3 Å². The Balaban J connectivity index is 1.43. The Bertz CT molecular complexity index is 968. The molecule has 1 aromatic heterocycles. The summed E-state index contributed by atoms with van der Waals surface area (Å²) in [5.41, 5.74) is 0.471. The summed E-state index contributed by atoms with van der Waals surface area (Å²) in [6.07, 6.45) is -0.0639. The summed E-state index contributed by atoms with van der Waals surface area (Å²) < 4.78 is 31.2. The largest absolute Gasteiger partial charge is 0.456 e. The predicted molar refractivity (Wildman–Crippen MR) is 99.9 cm³/mol. The van der Waals surface area contributed by atoms with Gasteiger partial charge in [-0.25, -0.2) is 8.42 Å². The SMILES string of the molecule is O=C(COC(=O)CCN=C1NS(=O)(=O)c2ccccc21)NCc1cccs1. The third kappa shape index (κ3) is 4.92. The number of thiophene rings is 1. The number of aliphatic imine (C=N–C) groups is 1. The molecule has 0 saturated heterocycles. The van der Waals surface area contributed by atoms with Crippen molar-refractivity contribution in [3.05, 3.63) is 52.2 Å². The molecular formula is C17H17N3O5S2. The number of hydrogen-bond donors (Lipinski definition) is 2. The topological polar surface area (TPSA) is 114 Å². The molecule has 2 N–H and O–H groups in total. The molecule has 10 heteroatoms. The number of carbonyl (C=O) groups is 2. The van der Waals surface area contributed by atoms with Gasteiger partial charge < -0.3 is 10.1 Å². The average molecular weight is 407 g/mol. The number of hydrogen-bond acceptors (Lipinski definition) is 7. The molecule has 3 rings (SSSR count). The van der Waals surface area contributed by atoms with Gasteiger partial charge in [-0.05, 0) is 23.6 Å². The first kappa shape index (κ1) is 19.1. The molecule has 0 saturated carbocycles. The number of benzene rings is 1. The molecule has 27 heavy (non-hydrogen) atoms. The van der Waals surface area contributed by atoms with Gasteiger partial charge >= 0.3 is 5.97 Å². The van der Waals surface area contributed by atoms with Crippen molar-refractivity contribution in [1.82, 2.24) is 10.0 Å². The zero-order chi connectivity index (χ0) is 19.3. The van der Waals surface area contributed by atoms with Gasteiger partial charge in [0.15, 0.2) is 6.61 Å². The number of nitrogens with zero attached hydrogens (tertiary/aromatic N) is 1. The van der Waals surface area contributed by atoms with Crippen molar-refractivity contribution < 1.29 is 22.7 Å². The molecule has 1 amide bonds. The molecule has 0 fully saturated rings.